The zero-order valence-corrected chi connectivity index (χ0v) is 9.42. The summed E-state index contributed by atoms with van der Waals surface area (Å²) in [5, 5.41) is 9.03. The van der Waals surface area contributed by atoms with Crippen LogP contribution in [0.4, 0.5) is 0 Å². The number of hydrogen-bond acceptors (Lipinski definition) is 7. The molecule has 3 N–H and O–H groups in total. The van der Waals surface area contributed by atoms with E-state index in [1.54, 1.807) is 7.11 Å². The summed E-state index contributed by atoms with van der Waals surface area (Å²) in [4.78, 5) is 4.01. The van der Waals surface area contributed by atoms with Gasteiger partial charge >= 0.3 is 0 Å². The number of nitrogens with two attached hydrogens (primary N) is 1. The Hall–Kier alpha value is -0.210. The number of aliphatic hydroxyl groups is 1. The van der Waals surface area contributed by atoms with E-state index >= 15 is 0 Å². The van der Waals surface area contributed by atoms with Crippen molar-refractivity contribution < 1.29 is 9.84 Å². The smallest absolute Gasteiger partial charge is 0.170 e. The molecule has 0 aliphatic heterocycles. The van der Waals surface area contributed by atoms with Crippen LogP contribution in [-0.4, -0.2) is 46.1 Å². The minimum Gasteiger partial charge on any atom is -0.395 e. The predicted octanol–water partition coefficient (Wildman–Crippen LogP) is -0.0352. The third kappa shape index (κ3) is 3.50. The summed E-state index contributed by atoms with van der Waals surface area (Å²) in [6.07, 6.45) is 1.49. The molecule has 0 bridgehead atoms. The Morgan fingerprint density at radius 2 is 2.57 bits per heavy atom. The summed E-state index contributed by atoms with van der Waals surface area (Å²) in [6.45, 7) is 0.436. The summed E-state index contributed by atoms with van der Waals surface area (Å²) in [6, 6.07) is -0.195. The zero-order valence-electron chi connectivity index (χ0n) is 7.79. The second kappa shape index (κ2) is 6.31. The molecule has 1 rings (SSSR count). The maximum atomic E-state index is 9.12. The van der Waals surface area contributed by atoms with Crippen LogP contribution in [-0.2, 0) is 4.74 Å². The molecular formula is C7H13N3O2S2. The van der Waals surface area contributed by atoms with E-state index in [2.05, 4.69) is 9.36 Å². The first-order valence-corrected chi connectivity index (χ1v) is 5.72. The molecule has 0 saturated heterocycles. The van der Waals surface area contributed by atoms with Gasteiger partial charge in [0.05, 0.1) is 18.5 Å². The molecule has 5 nitrogen and oxygen atoms in total. The molecule has 0 aliphatic rings. The first-order chi connectivity index (χ1) is 6.77. The Morgan fingerprint density at radius 1 is 1.79 bits per heavy atom. The van der Waals surface area contributed by atoms with Gasteiger partial charge in [0.15, 0.2) is 4.34 Å². The molecule has 2 atom stereocenters. The minimum absolute atomic E-state index is 0.00870. The summed E-state index contributed by atoms with van der Waals surface area (Å²) in [5.41, 5.74) is 5.81. The number of rotatable bonds is 6. The number of methoxy groups -OCH3 is 1. The molecule has 0 aromatic carbocycles. The van der Waals surface area contributed by atoms with Gasteiger partial charge in [-0.25, -0.2) is 4.98 Å². The highest BCUT2D eigenvalue weighted by Crippen LogP contribution is 2.25. The molecule has 1 heterocycles. The standard InChI is InChI=1S/C7H13N3O2S2/c1-12-3-5(8)6(2-11)13-7-9-4-10-14-7/h4-6,11H,2-3,8H2,1H3. The van der Waals surface area contributed by atoms with Crippen molar-refractivity contribution in [3.05, 3.63) is 6.33 Å². The van der Waals surface area contributed by atoms with Gasteiger partial charge in [-0.15, -0.1) is 0 Å². The Balaban J connectivity index is 2.46. The fraction of sp³-hybridized carbons (Fsp3) is 0.714. The Morgan fingerprint density at radius 3 is 3.07 bits per heavy atom. The molecule has 0 saturated carbocycles. The minimum atomic E-state index is -0.195. The average Bonchev–Trinajstić information content (AvgIpc) is 2.66. The summed E-state index contributed by atoms with van der Waals surface area (Å²) in [5.74, 6) is 0. The Kier molecular flexibility index (Phi) is 5.34. The van der Waals surface area contributed by atoms with Gasteiger partial charge in [0, 0.05) is 13.2 Å². The van der Waals surface area contributed by atoms with Gasteiger partial charge < -0.3 is 15.6 Å². The molecule has 14 heavy (non-hydrogen) atoms. The third-order valence-corrected chi connectivity index (χ3v) is 3.69. The topological polar surface area (TPSA) is 81.3 Å². The maximum Gasteiger partial charge on any atom is 0.170 e. The van der Waals surface area contributed by atoms with E-state index in [1.165, 1.54) is 29.6 Å². The van der Waals surface area contributed by atoms with E-state index in [0.29, 0.717) is 6.61 Å². The van der Waals surface area contributed by atoms with Crippen LogP contribution in [0.3, 0.4) is 0 Å². The Labute approximate surface area is 90.8 Å². The van der Waals surface area contributed by atoms with Gasteiger partial charge in [-0.2, -0.15) is 4.37 Å². The fourth-order valence-corrected chi connectivity index (χ4v) is 2.55. The molecule has 7 heteroatoms. The highest BCUT2D eigenvalue weighted by Gasteiger charge is 2.19. The predicted molar refractivity (Wildman–Crippen MR) is 56.5 cm³/mol. The van der Waals surface area contributed by atoms with Crippen molar-refractivity contribution in [1.82, 2.24) is 9.36 Å². The number of aliphatic hydroxyl groups excluding tert-OH is 1. The van der Waals surface area contributed by atoms with E-state index < -0.39 is 0 Å². The van der Waals surface area contributed by atoms with Crippen LogP contribution < -0.4 is 5.73 Å². The van der Waals surface area contributed by atoms with Gasteiger partial charge in [-0.1, -0.05) is 11.8 Å². The molecule has 80 valence electrons. The molecule has 0 fully saturated rings. The van der Waals surface area contributed by atoms with Gasteiger partial charge in [-0.3, -0.25) is 0 Å². The molecule has 0 amide bonds. The molecule has 0 spiro atoms. The molecule has 2 unspecified atom stereocenters. The van der Waals surface area contributed by atoms with E-state index in [1.807, 2.05) is 0 Å². The lowest BCUT2D eigenvalue weighted by Gasteiger charge is -2.18. The average molecular weight is 235 g/mol. The van der Waals surface area contributed by atoms with E-state index in [4.69, 9.17) is 15.6 Å². The third-order valence-electron chi connectivity index (χ3n) is 1.61. The van der Waals surface area contributed by atoms with E-state index in [0.717, 1.165) is 4.34 Å². The van der Waals surface area contributed by atoms with Crippen LogP contribution in [0, 0.1) is 0 Å². The molecule has 1 aromatic heterocycles. The zero-order chi connectivity index (χ0) is 10.4. The van der Waals surface area contributed by atoms with Crippen LogP contribution >= 0.6 is 23.3 Å². The second-order valence-electron chi connectivity index (χ2n) is 2.67. The van der Waals surface area contributed by atoms with Gasteiger partial charge in [0.1, 0.15) is 6.33 Å². The SMILES string of the molecule is COCC(N)C(CO)Sc1ncns1. The summed E-state index contributed by atoms with van der Waals surface area (Å²) >= 11 is 2.73. The van der Waals surface area contributed by atoms with Crippen molar-refractivity contribution in [2.24, 2.45) is 5.73 Å². The van der Waals surface area contributed by atoms with Crippen molar-refractivity contribution in [1.29, 1.82) is 0 Å². The molecule has 0 aliphatic carbocycles. The van der Waals surface area contributed by atoms with Crippen molar-refractivity contribution in [2.75, 3.05) is 20.3 Å². The lowest BCUT2D eigenvalue weighted by Crippen LogP contribution is -2.38. The van der Waals surface area contributed by atoms with E-state index in [9.17, 15) is 0 Å². The second-order valence-corrected chi connectivity index (χ2v) is 4.93. The lowest BCUT2D eigenvalue weighted by atomic mass is 10.2. The largest absolute Gasteiger partial charge is 0.395 e. The van der Waals surface area contributed by atoms with Crippen LogP contribution in [0.5, 0.6) is 0 Å². The molecular weight excluding hydrogens is 222 g/mol. The highest BCUT2D eigenvalue weighted by atomic mass is 32.2. The Bertz CT molecular complexity index is 245. The number of aromatic nitrogens is 2. The van der Waals surface area contributed by atoms with Crippen molar-refractivity contribution in [3.8, 4) is 0 Å². The van der Waals surface area contributed by atoms with Crippen molar-refractivity contribution in [3.63, 3.8) is 0 Å². The van der Waals surface area contributed by atoms with Crippen LogP contribution in [0.2, 0.25) is 0 Å². The maximum absolute atomic E-state index is 9.12. The highest BCUT2D eigenvalue weighted by molar-refractivity contribution is 8.01. The number of ether oxygens (including phenoxy) is 1. The molecule has 1 aromatic rings. The molecule has 0 radical (unpaired) electrons. The monoisotopic (exact) mass is 235 g/mol. The van der Waals surface area contributed by atoms with E-state index in [-0.39, 0.29) is 17.9 Å². The summed E-state index contributed by atoms with van der Waals surface area (Å²) < 4.78 is 9.61. The quantitative estimate of drug-likeness (QED) is 0.674. The van der Waals surface area contributed by atoms with Gasteiger partial charge in [0.25, 0.3) is 0 Å². The van der Waals surface area contributed by atoms with Gasteiger partial charge in [-0.05, 0) is 11.5 Å². The fourth-order valence-electron chi connectivity index (χ4n) is 0.904. The first-order valence-electron chi connectivity index (χ1n) is 4.06. The number of nitrogens with zero attached hydrogens (tertiary/aromatic N) is 2. The van der Waals surface area contributed by atoms with Gasteiger partial charge in [0.2, 0.25) is 0 Å². The van der Waals surface area contributed by atoms with Crippen molar-refractivity contribution >= 4 is 23.3 Å². The first kappa shape index (κ1) is 11.9. The van der Waals surface area contributed by atoms with Crippen molar-refractivity contribution in [2.45, 2.75) is 15.6 Å². The van der Waals surface area contributed by atoms with Crippen LogP contribution in [0.1, 0.15) is 0 Å². The lowest BCUT2D eigenvalue weighted by molar-refractivity contribution is 0.167. The van der Waals surface area contributed by atoms with Crippen LogP contribution in [0.15, 0.2) is 10.7 Å². The number of hydrogen-bond donors (Lipinski definition) is 2. The normalized spacial score (nSPS) is 15.4. The number of thioether (sulfide) groups is 1. The summed E-state index contributed by atoms with van der Waals surface area (Å²) in [7, 11) is 1.59. The van der Waals surface area contributed by atoms with Crippen LogP contribution in [0.25, 0.3) is 0 Å².